The van der Waals surface area contributed by atoms with Crippen LogP contribution in [0.1, 0.15) is 82.1 Å². The van der Waals surface area contributed by atoms with Gasteiger partial charge in [-0.2, -0.15) is 0 Å². The number of nitrogens with zero attached hydrogens (tertiary/aromatic N) is 1. The van der Waals surface area contributed by atoms with Crippen LogP contribution in [0.3, 0.4) is 0 Å². The lowest BCUT2D eigenvalue weighted by molar-refractivity contribution is -0.140. The molecule has 0 radical (unpaired) electrons. The molecule has 0 saturated heterocycles. The minimum atomic E-state index is -0.499. The van der Waals surface area contributed by atoms with Crippen LogP contribution in [0.2, 0.25) is 0 Å². The minimum absolute atomic E-state index is 0.0206. The van der Waals surface area contributed by atoms with Crippen molar-refractivity contribution >= 4 is 11.8 Å². The third-order valence-corrected chi connectivity index (χ3v) is 6.92. The first kappa shape index (κ1) is 25.0. The molecular weight excluding hydrogens is 408 g/mol. The number of amides is 2. The van der Waals surface area contributed by atoms with Crippen molar-refractivity contribution in [2.45, 2.75) is 97.2 Å². The van der Waals surface area contributed by atoms with Gasteiger partial charge in [-0.15, -0.1) is 0 Å². The summed E-state index contributed by atoms with van der Waals surface area (Å²) in [6, 6.07) is 16.4. The fourth-order valence-electron chi connectivity index (χ4n) is 4.51. The van der Waals surface area contributed by atoms with Gasteiger partial charge in [0, 0.05) is 19.0 Å². The summed E-state index contributed by atoms with van der Waals surface area (Å²) in [5.74, 6) is -0.0226. The Morgan fingerprint density at radius 2 is 1.67 bits per heavy atom. The summed E-state index contributed by atoms with van der Waals surface area (Å²) >= 11 is 0. The van der Waals surface area contributed by atoms with E-state index in [1.54, 1.807) is 4.90 Å². The van der Waals surface area contributed by atoms with Crippen LogP contribution in [-0.2, 0) is 28.0 Å². The molecule has 4 heteroatoms. The standard InChI is InChI=1S/C29H40N2O2/c1-21-10-6-7-11-24(21)20-31(22(2)28(33)30-26-12-8-9-13-26)27(32)19-16-23-14-17-25(18-15-23)29(3,4)5/h6-7,10-11,14-15,17-18,22,26H,8-9,12-13,16,19-20H2,1-5H3,(H,30,33)/t22-/m1/s1. The Kier molecular flexibility index (Phi) is 8.34. The fraction of sp³-hybridized carbons (Fsp3) is 0.517. The molecule has 2 aromatic rings. The lowest BCUT2D eigenvalue weighted by Gasteiger charge is -2.30. The number of benzene rings is 2. The van der Waals surface area contributed by atoms with Gasteiger partial charge in [-0.3, -0.25) is 9.59 Å². The quantitative estimate of drug-likeness (QED) is 0.563. The molecule has 178 valence electrons. The normalized spacial score (nSPS) is 15.3. The van der Waals surface area contributed by atoms with Gasteiger partial charge in [0.05, 0.1) is 0 Å². The monoisotopic (exact) mass is 448 g/mol. The summed E-state index contributed by atoms with van der Waals surface area (Å²) < 4.78 is 0. The predicted octanol–water partition coefficient (Wildman–Crippen LogP) is 5.70. The molecule has 0 unspecified atom stereocenters. The molecule has 0 heterocycles. The Bertz CT molecular complexity index is 937. The number of hydrogen-bond donors (Lipinski definition) is 1. The van der Waals surface area contributed by atoms with Crippen molar-refractivity contribution in [3.05, 3.63) is 70.8 Å². The zero-order chi connectivity index (χ0) is 24.0. The molecule has 1 aliphatic carbocycles. The highest BCUT2D eigenvalue weighted by Crippen LogP contribution is 2.23. The third-order valence-electron chi connectivity index (χ3n) is 6.92. The summed E-state index contributed by atoms with van der Waals surface area (Å²) in [5, 5.41) is 3.18. The predicted molar refractivity (Wildman–Crippen MR) is 135 cm³/mol. The number of nitrogens with one attached hydrogen (secondary N) is 1. The molecule has 0 aliphatic heterocycles. The molecule has 1 N–H and O–H groups in total. The maximum atomic E-state index is 13.4. The van der Waals surface area contributed by atoms with Crippen LogP contribution in [0.25, 0.3) is 0 Å². The Morgan fingerprint density at radius 1 is 1.03 bits per heavy atom. The lowest BCUT2D eigenvalue weighted by Crippen LogP contribution is -2.49. The van der Waals surface area contributed by atoms with Crippen molar-refractivity contribution < 1.29 is 9.59 Å². The van der Waals surface area contributed by atoms with Gasteiger partial charge in [-0.05, 0) is 60.8 Å². The van der Waals surface area contributed by atoms with Crippen molar-refractivity contribution in [1.29, 1.82) is 0 Å². The van der Waals surface area contributed by atoms with Gasteiger partial charge in [-0.25, -0.2) is 0 Å². The highest BCUT2D eigenvalue weighted by atomic mass is 16.2. The van der Waals surface area contributed by atoms with Gasteiger partial charge in [0.25, 0.3) is 0 Å². The Hall–Kier alpha value is -2.62. The molecule has 0 aromatic heterocycles. The summed E-state index contributed by atoms with van der Waals surface area (Å²) in [6.45, 7) is 11.0. The first-order chi connectivity index (χ1) is 15.6. The Balaban J connectivity index is 1.70. The van der Waals surface area contributed by atoms with E-state index in [-0.39, 0.29) is 23.3 Å². The van der Waals surface area contributed by atoms with Crippen LogP contribution in [0.5, 0.6) is 0 Å². The topological polar surface area (TPSA) is 49.4 Å². The second-order valence-electron chi connectivity index (χ2n) is 10.6. The van der Waals surface area contributed by atoms with Gasteiger partial charge < -0.3 is 10.2 Å². The highest BCUT2D eigenvalue weighted by molar-refractivity contribution is 5.87. The van der Waals surface area contributed by atoms with Gasteiger partial charge in [-0.1, -0.05) is 82.1 Å². The van der Waals surface area contributed by atoms with Crippen molar-refractivity contribution in [3.8, 4) is 0 Å². The van der Waals surface area contributed by atoms with Gasteiger partial charge in [0.15, 0.2) is 0 Å². The van der Waals surface area contributed by atoms with E-state index in [0.717, 1.165) is 29.5 Å². The van der Waals surface area contributed by atoms with E-state index < -0.39 is 6.04 Å². The van der Waals surface area contributed by atoms with Crippen LogP contribution in [0.15, 0.2) is 48.5 Å². The molecule has 33 heavy (non-hydrogen) atoms. The van der Waals surface area contributed by atoms with Crippen LogP contribution >= 0.6 is 0 Å². The smallest absolute Gasteiger partial charge is 0.242 e. The molecule has 1 fully saturated rings. The largest absolute Gasteiger partial charge is 0.352 e. The zero-order valence-corrected chi connectivity index (χ0v) is 21.0. The molecule has 0 bridgehead atoms. The number of rotatable bonds is 8. The molecular formula is C29H40N2O2. The molecule has 1 aliphatic rings. The van der Waals surface area contributed by atoms with Crippen LogP contribution < -0.4 is 5.32 Å². The number of aryl methyl sites for hydroxylation is 2. The van der Waals surface area contributed by atoms with E-state index in [2.05, 4.69) is 63.3 Å². The minimum Gasteiger partial charge on any atom is -0.352 e. The van der Waals surface area contributed by atoms with Crippen molar-refractivity contribution in [2.75, 3.05) is 0 Å². The maximum absolute atomic E-state index is 13.4. The maximum Gasteiger partial charge on any atom is 0.242 e. The number of carbonyl (C=O) groups is 2. The summed E-state index contributed by atoms with van der Waals surface area (Å²) in [7, 11) is 0. The first-order valence-corrected chi connectivity index (χ1v) is 12.4. The zero-order valence-electron chi connectivity index (χ0n) is 21.0. The molecule has 4 nitrogen and oxygen atoms in total. The van der Waals surface area contributed by atoms with E-state index in [1.165, 1.54) is 18.4 Å². The fourth-order valence-corrected chi connectivity index (χ4v) is 4.51. The second-order valence-corrected chi connectivity index (χ2v) is 10.6. The molecule has 3 rings (SSSR count). The molecule has 2 amide bonds. The van der Waals surface area contributed by atoms with Crippen molar-refractivity contribution in [1.82, 2.24) is 10.2 Å². The summed E-state index contributed by atoms with van der Waals surface area (Å²) in [6.07, 6.45) is 5.47. The Morgan fingerprint density at radius 3 is 2.27 bits per heavy atom. The highest BCUT2D eigenvalue weighted by Gasteiger charge is 2.28. The van der Waals surface area contributed by atoms with Crippen LogP contribution in [0, 0.1) is 6.92 Å². The van der Waals surface area contributed by atoms with Crippen molar-refractivity contribution in [2.24, 2.45) is 0 Å². The van der Waals surface area contributed by atoms with E-state index in [9.17, 15) is 9.59 Å². The van der Waals surface area contributed by atoms with Crippen molar-refractivity contribution in [3.63, 3.8) is 0 Å². The van der Waals surface area contributed by atoms with Crippen LogP contribution in [-0.4, -0.2) is 28.8 Å². The number of carbonyl (C=O) groups excluding carboxylic acids is 2. The summed E-state index contributed by atoms with van der Waals surface area (Å²) in [4.78, 5) is 28.2. The van der Waals surface area contributed by atoms with E-state index in [1.807, 2.05) is 25.1 Å². The Labute approximate surface area is 199 Å². The van der Waals surface area contributed by atoms with E-state index in [0.29, 0.717) is 19.4 Å². The average molecular weight is 449 g/mol. The van der Waals surface area contributed by atoms with E-state index in [4.69, 9.17) is 0 Å². The van der Waals surface area contributed by atoms with Gasteiger partial charge in [0.2, 0.25) is 11.8 Å². The average Bonchev–Trinajstić information content (AvgIpc) is 3.29. The van der Waals surface area contributed by atoms with Crippen LogP contribution in [0.4, 0.5) is 0 Å². The number of hydrogen-bond acceptors (Lipinski definition) is 2. The van der Waals surface area contributed by atoms with E-state index >= 15 is 0 Å². The second kappa shape index (κ2) is 11.0. The summed E-state index contributed by atoms with van der Waals surface area (Å²) in [5.41, 5.74) is 4.77. The first-order valence-electron chi connectivity index (χ1n) is 12.4. The SMILES string of the molecule is Cc1ccccc1CN(C(=O)CCc1ccc(C(C)(C)C)cc1)[C@H](C)C(=O)NC1CCCC1. The molecule has 2 aromatic carbocycles. The lowest BCUT2D eigenvalue weighted by atomic mass is 9.86. The molecule has 0 spiro atoms. The third kappa shape index (κ3) is 6.93. The van der Waals surface area contributed by atoms with Gasteiger partial charge >= 0.3 is 0 Å². The molecule has 1 atom stereocenters. The van der Waals surface area contributed by atoms with Gasteiger partial charge in [0.1, 0.15) is 6.04 Å². The molecule has 1 saturated carbocycles.